The van der Waals surface area contributed by atoms with Crippen molar-refractivity contribution < 1.29 is 9.53 Å². The number of hydrogen-bond acceptors (Lipinski definition) is 3. The van der Waals surface area contributed by atoms with Gasteiger partial charge in [-0.15, -0.1) is 0 Å². The average molecular weight is 446 g/mol. The van der Waals surface area contributed by atoms with E-state index >= 15 is 0 Å². The number of thioether (sulfide) groups is 1. The lowest BCUT2D eigenvalue weighted by molar-refractivity contribution is 0.0955. The van der Waals surface area contributed by atoms with Gasteiger partial charge < -0.3 is 10.1 Å². The molecule has 0 spiro atoms. The Morgan fingerprint density at radius 3 is 2.62 bits per heavy atom. The molecule has 0 aliphatic heterocycles. The molecule has 0 aromatic heterocycles. The highest BCUT2D eigenvalue weighted by Crippen LogP contribution is 2.20. The van der Waals surface area contributed by atoms with E-state index in [2.05, 4.69) is 5.32 Å². The third kappa shape index (κ3) is 7.00. The second-order valence-corrected chi connectivity index (χ2v) is 8.30. The van der Waals surface area contributed by atoms with Crippen LogP contribution >= 0.6 is 35.0 Å². The molecule has 0 heterocycles. The number of hydrogen-bond donors (Lipinski definition) is 1. The Morgan fingerprint density at radius 2 is 1.79 bits per heavy atom. The van der Waals surface area contributed by atoms with Crippen molar-refractivity contribution in [3.8, 4) is 5.75 Å². The second-order valence-electron chi connectivity index (χ2n) is 6.35. The first kappa shape index (κ1) is 21.6. The summed E-state index contributed by atoms with van der Waals surface area (Å²) >= 11 is 13.9. The molecule has 3 nitrogen and oxygen atoms in total. The van der Waals surface area contributed by atoms with Crippen molar-refractivity contribution in [2.24, 2.45) is 0 Å². The maximum atomic E-state index is 12.4. The van der Waals surface area contributed by atoms with E-state index in [-0.39, 0.29) is 5.91 Å². The molecular weight excluding hydrogens is 425 g/mol. The topological polar surface area (TPSA) is 38.3 Å². The number of carbonyl (C=O) groups excluding carboxylic acids is 1. The number of amides is 1. The van der Waals surface area contributed by atoms with E-state index in [0.717, 1.165) is 22.1 Å². The lowest BCUT2D eigenvalue weighted by Crippen LogP contribution is -2.25. The molecule has 0 saturated carbocycles. The van der Waals surface area contributed by atoms with E-state index in [1.807, 2.05) is 60.7 Å². The Bertz CT molecular complexity index is 965. The van der Waals surface area contributed by atoms with Crippen molar-refractivity contribution in [3.05, 3.63) is 99.5 Å². The van der Waals surface area contributed by atoms with Crippen LogP contribution in [0, 0.1) is 0 Å². The smallest absolute Gasteiger partial charge is 0.251 e. The van der Waals surface area contributed by atoms with E-state index in [1.165, 1.54) is 5.56 Å². The molecule has 0 bridgehead atoms. The molecule has 3 aromatic carbocycles. The Morgan fingerprint density at radius 1 is 0.966 bits per heavy atom. The van der Waals surface area contributed by atoms with Crippen molar-refractivity contribution in [2.75, 3.05) is 12.3 Å². The summed E-state index contributed by atoms with van der Waals surface area (Å²) in [4.78, 5) is 12.4. The molecule has 1 N–H and O–H groups in total. The first-order chi connectivity index (χ1) is 14.1. The first-order valence-electron chi connectivity index (χ1n) is 9.18. The molecular formula is C23H21Cl2NO2S. The third-order valence-corrected chi connectivity index (χ3v) is 5.77. The first-order valence-corrected chi connectivity index (χ1v) is 11.1. The molecule has 150 valence electrons. The summed E-state index contributed by atoms with van der Waals surface area (Å²) in [5.74, 6) is 2.20. The lowest BCUT2D eigenvalue weighted by Gasteiger charge is -2.10. The van der Waals surface area contributed by atoms with Crippen LogP contribution in [0.15, 0.2) is 72.8 Å². The van der Waals surface area contributed by atoms with E-state index in [4.69, 9.17) is 27.9 Å². The van der Waals surface area contributed by atoms with Crippen LogP contribution in [0.1, 0.15) is 21.5 Å². The maximum absolute atomic E-state index is 12.4. The van der Waals surface area contributed by atoms with Crippen LogP contribution in [0.25, 0.3) is 0 Å². The van der Waals surface area contributed by atoms with Crippen molar-refractivity contribution in [1.29, 1.82) is 0 Å². The van der Waals surface area contributed by atoms with E-state index in [1.54, 1.807) is 23.9 Å². The van der Waals surface area contributed by atoms with Crippen LogP contribution in [-0.2, 0) is 12.4 Å². The highest BCUT2D eigenvalue weighted by Gasteiger charge is 2.07. The van der Waals surface area contributed by atoms with E-state index < -0.39 is 0 Å². The maximum Gasteiger partial charge on any atom is 0.251 e. The summed E-state index contributed by atoms with van der Waals surface area (Å²) in [6.45, 7) is 0.944. The minimum absolute atomic E-state index is 0.114. The second kappa shape index (κ2) is 11.1. The molecule has 1 amide bonds. The summed E-state index contributed by atoms with van der Waals surface area (Å²) in [7, 11) is 0. The molecule has 3 rings (SSSR count). The summed E-state index contributed by atoms with van der Waals surface area (Å²) in [6, 6.07) is 22.5. The van der Waals surface area contributed by atoms with Gasteiger partial charge >= 0.3 is 0 Å². The summed E-state index contributed by atoms with van der Waals surface area (Å²) in [6.07, 6.45) is 0. The minimum Gasteiger partial charge on any atom is -0.489 e. The summed E-state index contributed by atoms with van der Waals surface area (Å²) in [5, 5.41) is 4.35. The van der Waals surface area contributed by atoms with Crippen LogP contribution in [0.3, 0.4) is 0 Å². The molecule has 0 radical (unpaired) electrons. The largest absolute Gasteiger partial charge is 0.489 e. The molecule has 29 heavy (non-hydrogen) atoms. The van der Waals surface area contributed by atoms with Gasteiger partial charge in [-0.1, -0.05) is 59.6 Å². The van der Waals surface area contributed by atoms with Crippen LogP contribution in [0.5, 0.6) is 5.75 Å². The fraction of sp³-hybridized carbons (Fsp3) is 0.174. The summed E-state index contributed by atoms with van der Waals surface area (Å²) < 4.78 is 5.79. The predicted octanol–water partition coefficient (Wildman–Crippen LogP) is 6.24. The molecule has 0 saturated heterocycles. The van der Waals surface area contributed by atoms with Gasteiger partial charge in [0.05, 0.1) is 0 Å². The van der Waals surface area contributed by atoms with Crippen LogP contribution < -0.4 is 10.1 Å². The average Bonchev–Trinajstić information content (AvgIpc) is 2.73. The Labute approximate surface area is 185 Å². The zero-order chi connectivity index (χ0) is 20.5. The monoisotopic (exact) mass is 445 g/mol. The van der Waals surface area contributed by atoms with Crippen LogP contribution in [0.4, 0.5) is 0 Å². The number of halogens is 2. The van der Waals surface area contributed by atoms with Gasteiger partial charge in [0.1, 0.15) is 12.4 Å². The fourth-order valence-corrected chi connectivity index (χ4v) is 3.87. The normalized spacial score (nSPS) is 10.6. The van der Waals surface area contributed by atoms with E-state index in [0.29, 0.717) is 29.5 Å². The van der Waals surface area contributed by atoms with Gasteiger partial charge in [0, 0.05) is 39.2 Å². The molecule has 6 heteroatoms. The van der Waals surface area contributed by atoms with Crippen LogP contribution in [-0.4, -0.2) is 18.2 Å². The van der Waals surface area contributed by atoms with Gasteiger partial charge in [0.15, 0.2) is 0 Å². The number of nitrogens with one attached hydrogen (secondary N) is 1. The zero-order valence-corrected chi connectivity index (χ0v) is 18.1. The lowest BCUT2D eigenvalue weighted by atomic mass is 10.2. The van der Waals surface area contributed by atoms with Crippen molar-refractivity contribution >= 4 is 40.9 Å². The molecule has 0 atom stereocenters. The number of rotatable bonds is 9. The third-order valence-electron chi connectivity index (χ3n) is 4.14. The molecule has 3 aromatic rings. The SMILES string of the molecule is O=C(NCCSCc1cccc(Cl)c1)c1cccc(OCc2ccccc2Cl)c1. The fourth-order valence-electron chi connectivity index (χ4n) is 2.66. The quantitative estimate of drug-likeness (QED) is 0.396. The van der Waals surface area contributed by atoms with Gasteiger partial charge in [0.2, 0.25) is 0 Å². The van der Waals surface area contributed by atoms with Gasteiger partial charge in [-0.2, -0.15) is 11.8 Å². The van der Waals surface area contributed by atoms with Gasteiger partial charge in [-0.3, -0.25) is 4.79 Å². The zero-order valence-electron chi connectivity index (χ0n) is 15.7. The van der Waals surface area contributed by atoms with Crippen molar-refractivity contribution in [2.45, 2.75) is 12.4 Å². The summed E-state index contributed by atoms with van der Waals surface area (Å²) in [5.41, 5.74) is 2.65. The predicted molar refractivity (Wildman–Crippen MR) is 122 cm³/mol. The van der Waals surface area contributed by atoms with Gasteiger partial charge in [0.25, 0.3) is 5.91 Å². The standard InChI is InChI=1S/C23H21Cl2NO2S/c24-20-8-3-5-17(13-20)16-29-12-11-26-23(27)18-7-4-9-21(14-18)28-15-19-6-1-2-10-22(19)25/h1-10,13-14H,11-12,15-16H2,(H,26,27). The Balaban J connectivity index is 1.43. The van der Waals surface area contributed by atoms with Gasteiger partial charge in [-0.25, -0.2) is 0 Å². The Hall–Kier alpha value is -2.14. The molecule has 0 aliphatic carbocycles. The van der Waals surface area contributed by atoms with Crippen LogP contribution in [0.2, 0.25) is 10.0 Å². The highest BCUT2D eigenvalue weighted by molar-refractivity contribution is 7.98. The van der Waals surface area contributed by atoms with Crippen molar-refractivity contribution in [3.63, 3.8) is 0 Å². The minimum atomic E-state index is -0.114. The Kier molecular flexibility index (Phi) is 8.29. The molecule has 0 unspecified atom stereocenters. The molecule has 0 aliphatic rings. The molecule has 0 fully saturated rings. The number of ether oxygens (including phenoxy) is 1. The van der Waals surface area contributed by atoms with Gasteiger partial charge in [-0.05, 0) is 42.0 Å². The van der Waals surface area contributed by atoms with Crippen molar-refractivity contribution in [1.82, 2.24) is 5.32 Å². The van der Waals surface area contributed by atoms with E-state index in [9.17, 15) is 4.79 Å². The number of carbonyl (C=O) groups is 1. The highest BCUT2D eigenvalue weighted by atomic mass is 35.5. The number of benzene rings is 3.